The van der Waals surface area contributed by atoms with Crippen molar-refractivity contribution in [2.75, 3.05) is 25.5 Å². The average molecular weight is 1140 g/mol. The second-order valence-electron chi connectivity index (χ2n) is 24.6. The molecule has 21 atom stereocenters. The van der Waals surface area contributed by atoms with Crippen molar-refractivity contribution in [3.63, 3.8) is 0 Å². The highest BCUT2D eigenvalue weighted by molar-refractivity contribution is 5.97. The standard InChI is InChI=1S/C59H86N6O16/c1-29(2)48(60)56(69)65-41(8-7-19-62-57(61)70)55(68)64-34-11-9-33(10-12-34)28-73-58(71)63-27-36(67)24-46-49(72-6)40-23-35(66)22-38-14-16-43-50(76-38)54-53-52(78-43)51-47(79-53)26-59(80-51,81-54)18-17-39-21-31(4)42(74-39)15-13-37-20-30(3)32(5)44(75-37)25-45(40)77-46/h9-12,29-30,36-54,67H,4-5,7-8,13-28,60H2,1-3,6H3,(H,63,71)(H,64,68)(H,65,69)(H3,61,62,70)/t30-,36+,37+,38-,39+,40+,41+,42+,43+,44-,45+,46-,47-,48+,49-,50+,51+,52+,53?,54+,59+/m1/s1. The summed E-state index contributed by atoms with van der Waals surface area (Å²) in [4.78, 5) is 64.7. The molecule has 12 bridgehead atoms. The monoisotopic (exact) mass is 1130 g/mol. The third-order valence-electron chi connectivity index (χ3n) is 18.4. The van der Waals surface area contributed by atoms with E-state index in [0.29, 0.717) is 49.8 Å². The lowest BCUT2D eigenvalue weighted by Gasteiger charge is -2.47. The number of nitrogens with one attached hydrogen (secondary N) is 4. The molecular formula is C59H86N6O16. The van der Waals surface area contributed by atoms with Crippen LogP contribution in [0, 0.1) is 17.8 Å². The summed E-state index contributed by atoms with van der Waals surface area (Å²) in [5.74, 6) is -2.16. The van der Waals surface area contributed by atoms with E-state index in [1.807, 2.05) is 0 Å². The second-order valence-corrected chi connectivity index (χ2v) is 24.6. The van der Waals surface area contributed by atoms with Crippen molar-refractivity contribution in [2.45, 2.75) is 239 Å². The molecule has 10 heterocycles. The summed E-state index contributed by atoms with van der Waals surface area (Å²) < 4.78 is 66.2. The fourth-order valence-electron chi connectivity index (χ4n) is 13.9. The van der Waals surface area contributed by atoms with Crippen LogP contribution < -0.4 is 32.7 Å². The summed E-state index contributed by atoms with van der Waals surface area (Å²) in [5.41, 5.74) is 14.3. The van der Waals surface area contributed by atoms with Gasteiger partial charge in [0.25, 0.3) is 0 Å². The van der Waals surface area contributed by atoms with E-state index in [4.69, 9.17) is 58.8 Å². The zero-order chi connectivity index (χ0) is 57.3. The number of nitrogens with two attached hydrogens (primary N) is 2. The van der Waals surface area contributed by atoms with Crippen LogP contribution >= 0.6 is 0 Å². The molecule has 11 rings (SSSR count). The molecular weight excluding hydrogens is 1050 g/mol. The molecule has 0 aromatic heterocycles. The third-order valence-corrected chi connectivity index (χ3v) is 18.4. The Morgan fingerprint density at radius 3 is 2.30 bits per heavy atom. The van der Waals surface area contributed by atoms with Gasteiger partial charge in [0.15, 0.2) is 5.79 Å². The number of aliphatic hydroxyl groups excluding tert-OH is 1. The highest BCUT2D eigenvalue weighted by Crippen LogP contribution is 2.54. The smallest absolute Gasteiger partial charge is 0.407 e. The summed E-state index contributed by atoms with van der Waals surface area (Å²) in [6.07, 6.45) is 1.63. The molecule has 1 unspecified atom stereocenters. The van der Waals surface area contributed by atoms with Crippen molar-refractivity contribution in [1.82, 2.24) is 16.0 Å². The Labute approximate surface area is 474 Å². The van der Waals surface area contributed by atoms with Crippen LogP contribution in [0.2, 0.25) is 0 Å². The van der Waals surface area contributed by atoms with Crippen molar-refractivity contribution in [3.8, 4) is 0 Å². The fourth-order valence-corrected chi connectivity index (χ4v) is 13.9. The summed E-state index contributed by atoms with van der Waals surface area (Å²) in [6, 6.07) is 4.17. The van der Waals surface area contributed by atoms with Gasteiger partial charge in [-0.3, -0.25) is 14.4 Å². The number of benzene rings is 1. The predicted molar refractivity (Wildman–Crippen MR) is 292 cm³/mol. The maximum Gasteiger partial charge on any atom is 0.407 e. The van der Waals surface area contributed by atoms with Crippen LogP contribution in [0.3, 0.4) is 0 Å². The van der Waals surface area contributed by atoms with E-state index < -0.39 is 84.4 Å². The summed E-state index contributed by atoms with van der Waals surface area (Å²) in [6.45, 7) is 14.7. The summed E-state index contributed by atoms with van der Waals surface area (Å²) >= 11 is 0. The zero-order valence-electron chi connectivity index (χ0n) is 47.3. The number of hydrogen-bond donors (Lipinski definition) is 7. The molecule has 10 saturated heterocycles. The third kappa shape index (κ3) is 13.8. The predicted octanol–water partition coefficient (Wildman–Crippen LogP) is 4.26. The number of aliphatic hydroxyl groups is 1. The number of anilines is 1. The molecule has 10 fully saturated rings. The molecule has 10 aliphatic rings. The van der Waals surface area contributed by atoms with Crippen molar-refractivity contribution in [3.05, 3.63) is 54.1 Å². The lowest BCUT2D eigenvalue weighted by molar-refractivity contribution is -0.292. The van der Waals surface area contributed by atoms with Crippen LogP contribution in [-0.2, 0) is 68.4 Å². The molecule has 5 amide bonds. The molecule has 448 valence electrons. The number of rotatable bonds is 16. The number of ether oxygens (including phenoxy) is 10. The molecule has 1 aromatic rings. The van der Waals surface area contributed by atoms with E-state index in [9.17, 15) is 29.1 Å². The topological polar surface area (TPSA) is 298 Å². The Morgan fingerprint density at radius 1 is 0.802 bits per heavy atom. The number of urea groups is 1. The Balaban J connectivity index is 0.762. The Hall–Kier alpha value is -4.59. The van der Waals surface area contributed by atoms with Crippen LogP contribution in [-0.4, -0.2) is 171 Å². The lowest BCUT2D eigenvalue weighted by atomic mass is 9.81. The number of alkyl carbamates (subject to hydrolysis) is 1. The minimum Gasteiger partial charge on any atom is -0.445 e. The fraction of sp³-hybridized carbons (Fsp3) is 0.746. The van der Waals surface area contributed by atoms with Crippen LogP contribution in [0.5, 0.6) is 0 Å². The summed E-state index contributed by atoms with van der Waals surface area (Å²) in [7, 11) is 1.59. The van der Waals surface area contributed by atoms with E-state index in [1.54, 1.807) is 45.2 Å². The van der Waals surface area contributed by atoms with Gasteiger partial charge in [-0.25, -0.2) is 9.59 Å². The number of methoxy groups -OCH3 is 1. The number of fused-ring (bicyclic) bond motifs is 6. The van der Waals surface area contributed by atoms with Gasteiger partial charge in [0, 0.05) is 70.3 Å². The SMILES string of the molecule is C=C1C[C@@H]2CC[C@@]34C[C@H]5OC6[C@@H](O[C@H]7CC[C@H](CC(=O)C[C@@H]8[C@@H](OC)[C@@H](C[C@H](O)CNC(=O)OCc9ccc(NC(=O)[C@H](CCCNC(N)=O)NC(=O)[C@@H](N)C(C)C)cc9)O[C@H]8C[C@H]8O[C@@H](CC[C@@H]1O2)C[C@@H](C)C8=C)O[C@@H]7[C@@H]6O3)[C@H]5O4. The molecule has 0 aliphatic carbocycles. The average Bonchev–Trinajstić information content (AvgIpc) is 3.90. The molecule has 1 spiro atoms. The van der Waals surface area contributed by atoms with Gasteiger partial charge in [0.1, 0.15) is 49.0 Å². The van der Waals surface area contributed by atoms with Gasteiger partial charge in [0.05, 0.1) is 73.2 Å². The minimum absolute atomic E-state index is 0.0112. The van der Waals surface area contributed by atoms with Crippen molar-refractivity contribution < 1.29 is 76.4 Å². The minimum atomic E-state index is -1.07. The van der Waals surface area contributed by atoms with Gasteiger partial charge in [-0.2, -0.15) is 0 Å². The first kappa shape index (κ1) is 59.6. The van der Waals surface area contributed by atoms with Gasteiger partial charge in [-0.15, -0.1) is 0 Å². The second kappa shape index (κ2) is 25.7. The lowest BCUT2D eigenvalue weighted by Crippen LogP contribution is -2.61. The number of carbonyl (C=O) groups excluding carboxylic acids is 5. The number of hydrogen-bond acceptors (Lipinski definition) is 17. The van der Waals surface area contributed by atoms with Gasteiger partial charge < -0.3 is 85.2 Å². The molecule has 22 heteroatoms. The maximum atomic E-state index is 14.5. The van der Waals surface area contributed by atoms with E-state index >= 15 is 0 Å². The number of Topliss-reactive ketones (excluding diaryl/α,β-unsaturated/α-hetero) is 1. The van der Waals surface area contributed by atoms with Crippen LogP contribution in [0.4, 0.5) is 15.3 Å². The van der Waals surface area contributed by atoms with Crippen molar-refractivity contribution in [2.24, 2.45) is 29.2 Å². The number of ketones is 1. The Kier molecular flexibility index (Phi) is 18.9. The molecule has 22 nitrogen and oxygen atoms in total. The van der Waals surface area contributed by atoms with Crippen LogP contribution in [0.15, 0.2) is 48.6 Å². The van der Waals surface area contributed by atoms with Crippen molar-refractivity contribution in [1.29, 1.82) is 0 Å². The van der Waals surface area contributed by atoms with Gasteiger partial charge >= 0.3 is 12.1 Å². The molecule has 10 aliphatic heterocycles. The quantitative estimate of drug-likeness (QED) is 0.0899. The zero-order valence-corrected chi connectivity index (χ0v) is 47.3. The van der Waals surface area contributed by atoms with E-state index in [0.717, 1.165) is 43.3 Å². The Morgan fingerprint density at radius 2 is 1.53 bits per heavy atom. The van der Waals surface area contributed by atoms with Crippen LogP contribution in [0.25, 0.3) is 0 Å². The highest BCUT2D eigenvalue weighted by atomic mass is 16.8. The van der Waals surface area contributed by atoms with E-state index in [2.05, 4.69) is 41.3 Å². The van der Waals surface area contributed by atoms with Gasteiger partial charge in [-0.05, 0) is 98.5 Å². The Bertz CT molecular complexity index is 2450. The van der Waals surface area contributed by atoms with Gasteiger partial charge in [0.2, 0.25) is 11.8 Å². The number of amides is 5. The first-order valence-electron chi connectivity index (χ1n) is 29.6. The largest absolute Gasteiger partial charge is 0.445 e. The number of carbonyl (C=O) groups is 5. The van der Waals surface area contributed by atoms with Crippen molar-refractivity contribution >= 4 is 35.4 Å². The molecule has 9 N–H and O–H groups in total. The molecule has 1 aromatic carbocycles. The molecule has 0 radical (unpaired) electrons. The number of primary amides is 1. The maximum absolute atomic E-state index is 14.5. The highest BCUT2D eigenvalue weighted by Gasteiger charge is 2.69. The first-order valence-corrected chi connectivity index (χ1v) is 29.6. The molecule has 81 heavy (non-hydrogen) atoms. The molecule has 0 saturated carbocycles. The van der Waals surface area contributed by atoms with E-state index in [-0.39, 0.29) is 124 Å². The normalized spacial score (nSPS) is 38.3. The summed E-state index contributed by atoms with van der Waals surface area (Å²) in [5, 5.41) is 22.1. The van der Waals surface area contributed by atoms with Crippen LogP contribution in [0.1, 0.15) is 123 Å². The van der Waals surface area contributed by atoms with E-state index in [1.165, 1.54) is 0 Å². The first-order chi connectivity index (χ1) is 38.8. The van der Waals surface area contributed by atoms with Gasteiger partial charge in [-0.1, -0.05) is 46.1 Å².